The van der Waals surface area contributed by atoms with Crippen LogP contribution in [0.3, 0.4) is 0 Å². The molecule has 1 amide bonds. The minimum atomic E-state index is -0.450. The number of nitrogens with two attached hydrogens (primary N) is 1. The number of amides is 1. The maximum Gasteiger partial charge on any atom is 0.237 e. The topological polar surface area (TPSA) is 55.1 Å². The van der Waals surface area contributed by atoms with Gasteiger partial charge in [0.05, 0.1) is 6.04 Å². The van der Waals surface area contributed by atoms with Crippen LogP contribution in [-0.4, -0.2) is 18.0 Å². The molecule has 0 aromatic heterocycles. The predicted molar refractivity (Wildman–Crippen MR) is 73.1 cm³/mol. The van der Waals surface area contributed by atoms with E-state index in [-0.39, 0.29) is 11.9 Å². The fraction of sp³-hybridized carbons (Fsp3) is 0.533. The summed E-state index contributed by atoms with van der Waals surface area (Å²) in [5.41, 5.74) is 7.04. The van der Waals surface area contributed by atoms with Gasteiger partial charge in [0.25, 0.3) is 0 Å². The SMILES string of the molecule is CC(CC1CC1)NC(=O)[C@@H](N)Cc1ccccc1. The molecule has 0 heterocycles. The lowest BCUT2D eigenvalue weighted by Gasteiger charge is -2.17. The molecule has 1 aliphatic carbocycles. The highest BCUT2D eigenvalue weighted by Crippen LogP contribution is 2.33. The molecule has 0 aliphatic heterocycles. The molecule has 98 valence electrons. The third-order valence-electron chi connectivity index (χ3n) is 3.41. The number of hydrogen-bond acceptors (Lipinski definition) is 2. The molecule has 0 bridgehead atoms. The lowest BCUT2D eigenvalue weighted by Crippen LogP contribution is -2.45. The fourth-order valence-electron chi connectivity index (χ4n) is 2.22. The van der Waals surface area contributed by atoms with Crippen molar-refractivity contribution in [3.63, 3.8) is 0 Å². The van der Waals surface area contributed by atoms with Gasteiger partial charge in [-0.1, -0.05) is 43.2 Å². The van der Waals surface area contributed by atoms with Crippen LogP contribution >= 0.6 is 0 Å². The number of hydrogen-bond donors (Lipinski definition) is 2. The lowest BCUT2D eigenvalue weighted by molar-refractivity contribution is -0.123. The molecule has 0 spiro atoms. The van der Waals surface area contributed by atoms with Crippen molar-refractivity contribution in [3.8, 4) is 0 Å². The quantitative estimate of drug-likeness (QED) is 0.805. The Morgan fingerprint density at radius 2 is 2.06 bits per heavy atom. The van der Waals surface area contributed by atoms with E-state index in [1.54, 1.807) is 0 Å². The van der Waals surface area contributed by atoms with E-state index in [1.165, 1.54) is 12.8 Å². The minimum Gasteiger partial charge on any atom is -0.352 e. The van der Waals surface area contributed by atoms with Crippen molar-refractivity contribution in [3.05, 3.63) is 35.9 Å². The Morgan fingerprint density at radius 1 is 1.39 bits per heavy atom. The van der Waals surface area contributed by atoms with Gasteiger partial charge in [-0.15, -0.1) is 0 Å². The lowest BCUT2D eigenvalue weighted by atomic mass is 10.1. The Morgan fingerprint density at radius 3 is 2.67 bits per heavy atom. The Bertz CT molecular complexity index is 387. The molecule has 1 aliphatic rings. The first-order valence-electron chi connectivity index (χ1n) is 6.75. The number of benzene rings is 1. The summed E-state index contributed by atoms with van der Waals surface area (Å²) >= 11 is 0. The molecule has 1 aromatic rings. The molecule has 1 saturated carbocycles. The van der Waals surface area contributed by atoms with Crippen molar-refractivity contribution in [1.29, 1.82) is 0 Å². The zero-order valence-corrected chi connectivity index (χ0v) is 10.9. The Hall–Kier alpha value is -1.35. The van der Waals surface area contributed by atoms with Crippen LogP contribution in [0.15, 0.2) is 30.3 Å². The van der Waals surface area contributed by atoms with E-state index >= 15 is 0 Å². The van der Waals surface area contributed by atoms with Crippen LogP contribution in [-0.2, 0) is 11.2 Å². The van der Waals surface area contributed by atoms with E-state index in [4.69, 9.17) is 5.73 Å². The molecule has 2 atom stereocenters. The highest BCUT2D eigenvalue weighted by atomic mass is 16.2. The molecule has 18 heavy (non-hydrogen) atoms. The summed E-state index contributed by atoms with van der Waals surface area (Å²) < 4.78 is 0. The van der Waals surface area contributed by atoms with E-state index in [0.29, 0.717) is 6.42 Å². The Labute approximate surface area is 109 Å². The van der Waals surface area contributed by atoms with E-state index < -0.39 is 6.04 Å². The van der Waals surface area contributed by atoms with Crippen LogP contribution in [0.2, 0.25) is 0 Å². The number of carbonyl (C=O) groups excluding carboxylic acids is 1. The molecular formula is C15H22N2O. The zero-order chi connectivity index (χ0) is 13.0. The van der Waals surface area contributed by atoms with Crippen LogP contribution in [0.25, 0.3) is 0 Å². The van der Waals surface area contributed by atoms with E-state index in [0.717, 1.165) is 17.9 Å². The summed E-state index contributed by atoms with van der Waals surface area (Å²) in [5.74, 6) is 0.789. The molecule has 1 unspecified atom stereocenters. The second-order valence-electron chi connectivity index (χ2n) is 5.38. The minimum absolute atomic E-state index is 0.0352. The van der Waals surface area contributed by atoms with Crippen LogP contribution in [0, 0.1) is 5.92 Å². The summed E-state index contributed by atoms with van der Waals surface area (Å²) in [6.45, 7) is 2.06. The maximum absolute atomic E-state index is 11.9. The van der Waals surface area contributed by atoms with Crippen molar-refractivity contribution in [1.82, 2.24) is 5.32 Å². The number of rotatable bonds is 6. The summed E-state index contributed by atoms with van der Waals surface area (Å²) in [7, 11) is 0. The van der Waals surface area contributed by atoms with Gasteiger partial charge in [-0.05, 0) is 31.2 Å². The van der Waals surface area contributed by atoms with Crippen LogP contribution < -0.4 is 11.1 Å². The van der Waals surface area contributed by atoms with Crippen LogP contribution in [0.5, 0.6) is 0 Å². The first kappa shape index (κ1) is 13.1. The second-order valence-corrected chi connectivity index (χ2v) is 5.38. The van der Waals surface area contributed by atoms with Gasteiger partial charge >= 0.3 is 0 Å². The Balaban J connectivity index is 1.77. The van der Waals surface area contributed by atoms with Crippen molar-refractivity contribution < 1.29 is 4.79 Å². The fourth-order valence-corrected chi connectivity index (χ4v) is 2.22. The smallest absolute Gasteiger partial charge is 0.237 e. The van der Waals surface area contributed by atoms with Gasteiger partial charge in [-0.2, -0.15) is 0 Å². The monoisotopic (exact) mass is 246 g/mol. The average molecular weight is 246 g/mol. The summed E-state index contributed by atoms with van der Waals surface area (Å²) in [6.07, 6.45) is 4.32. The van der Waals surface area contributed by atoms with Crippen molar-refractivity contribution >= 4 is 5.91 Å². The van der Waals surface area contributed by atoms with Crippen LogP contribution in [0.1, 0.15) is 31.7 Å². The summed E-state index contributed by atoms with van der Waals surface area (Å²) in [5, 5.41) is 3.01. The van der Waals surface area contributed by atoms with Crippen molar-refractivity contribution in [2.24, 2.45) is 11.7 Å². The van der Waals surface area contributed by atoms with Gasteiger partial charge in [0.2, 0.25) is 5.91 Å². The molecule has 3 nitrogen and oxygen atoms in total. The van der Waals surface area contributed by atoms with E-state index in [9.17, 15) is 4.79 Å². The molecule has 3 heteroatoms. The van der Waals surface area contributed by atoms with Gasteiger partial charge in [-0.3, -0.25) is 4.79 Å². The third-order valence-corrected chi connectivity index (χ3v) is 3.41. The highest BCUT2D eigenvalue weighted by Gasteiger charge is 2.25. The molecule has 2 rings (SSSR count). The van der Waals surface area contributed by atoms with Gasteiger partial charge in [0, 0.05) is 6.04 Å². The van der Waals surface area contributed by atoms with Crippen LogP contribution in [0.4, 0.5) is 0 Å². The average Bonchev–Trinajstić information content (AvgIpc) is 3.14. The first-order chi connectivity index (χ1) is 8.65. The van der Waals surface area contributed by atoms with Crippen molar-refractivity contribution in [2.45, 2.75) is 44.7 Å². The predicted octanol–water partition coefficient (Wildman–Crippen LogP) is 1.86. The molecular weight excluding hydrogens is 224 g/mol. The van der Waals surface area contributed by atoms with Gasteiger partial charge in [-0.25, -0.2) is 0 Å². The van der Waals surface area contributed by atoms with Gasteiger partial charge < -0.3 is 11.1 Å². The zero-order valence-electron chi connectivity index (χ0n) is 10.9. The molecule has 1 aromatic carbocycles. The second kappa shape index (κ2) is 6.01. The molecule has 3 N–H and O–H groups in total. The van der Waals surface area contributed by atoms with E-state index in [2.05, 4.69) is 12.2 Å². The van der Waals surface area contributed by atoms with E-state index in [1.807, 2.05) is 30.3 Å². The Kier molecular flexibility index (Phi) is 4.37. The summed E-state index contributed by atoms with van der Waals surface area (Å²) in [4.78, 5) is 11.9. The highest BCUT2D eigenvalue weighted by molar-refractivity contribution is 5.82. The van der Waals surface area contributed by atoms with Gasteiger partial charge in [0.15, 0.2) is 0 Å². The summed E-state index contributed by atoms with van der Waals surface area (Å²) in [6, 6.07) is 9.69. The number of carbonyl (C=O) groups is 1. The normalized spacial score (nSPS) is 18.1. The largest absolute Gasteiger partial charge is 0.352 e. The standard InChI is InChI=1S/C15H22N2O/c1-11(9-13-7-8-13)17-15(18)14(16)10-12-5-3-2-4-6-12/h2-6,11,13-14H,7-10,16H2,1H3,(H,17,18)/t11?,14-/m0/s1. The molecule has 0 radical (unpaired) electrons. The van der Waals surface area contributed by atoms with Gasteiger partial charge in [0.1, 0.15) is 0 Å². The first-order valence-corrected chi connectivity index (χ1v) is 6.75. The number of nitrogens with one attached hydrogen (secondary N) is 1. The third kappa shape index (κ3) is 4.15. The maximum atomic E-state index is 11.9. The van der Waals surface area contributed by atoms with Crippen molar-refractivity contribution in [2.75, 3.05) is 0 Å². The molecule has 0 saturated heterocycles. The molecule has 1 fully saturated rings.